The summed E-state index contributed by atoms with van der Waals surface area (Å²) in [5.41, 5.74) is 3.74. The van der Waals surface area contributed by atoms with E-state index in [9.17, 15) is 0 Å². The van der Waals surface area contributed by atoms with Gasteiger partial charge in [-0.15, -0.1) is 0 Å². The maximum Gasteiger partial charge on any atom is 0.110 e. The molecule has 0 saturated heterocycles. The lowest BCUT2D eigenvalue weighted by molar-refractivity contribution is 0.530. The van der Waals surface area contributed by atoms with E-state index in [1.165, 1.54) is 113 Å². The Balaban J connectivity index is 1.28. The minimum atomic E-state index is 0.912. The summed E-state index contributed by atoms with van der Waals surface area (Å²) < 4.78 is 2.43. The van der Waals surface area contributed by atoms with Gasteiger partial charge in [0.25, 0.3) is 0 Å². The number of imidazole rings is 1. The van der Waals surface area contributed by atoms with Crippen LogP contribution in [0, 0.1) is 0 Å². The van der Waals surface area contributed by atoms with Crippen LogP contribution in [0.25, 0.3) is 11.0 Å². The van der Waals surface area contributed by atoms with Crippen LogP contribution in [0.1, 0.15) is 115 Å². The third-order valence-electron chi connectivity index (χ3n) is 6.92. The van der Waals surface area contributed by atoms with E-state index < -0.39 is 0 Å². The first kappa shape index (κ1) is 25.5. The highest BCUT2D eigenvalue weighted by Gasteiger charge is 2.10. The molecular formula is C31H46N2. The van der Waals surface area contributed by atoms with Gasteiger partial charge in [0.15, 0.2) is 0 Å². The monoisotopic (exact) mass is 446 g/mol. The Labute approximate surface area is 202 Å². The average Bonchev–Trinajstić information content (AvgIpc) is 3.19. The molecule has 0 bridgehead atoms. The zero-order valence-electron chi connectivity index (χ0n) is 21.1. The second-order valence-electron chi connectivity index (χ2n) is 9.79. The molecule has 2 nitrogen and oxygen atoms in total. The molecule has 0 spiro atoms. The molecule has 3 aromatic rings. The third-order valence-corrected chi connectivity index (χ3v) is 6.92. The standard InChI is InChI=1S/C31H46N2/c1-2-3-4-5-6-7-8-9-10-11-12-13-14-15-19-26-31-32-29-24-20-21-25-30(29)33(31)27-28-22-17-16-18-23-28/h16-18,20-25H,2-15,19,26-27H2,1H3. The fraction of sp³-hybridized carbons (Fsp3) is 0.581. The smallest absolute Gasteiger partial charge is 0.110 e. The van der Waals surface area contributed by atoms with Gasteiger partial charge in [0.2, 0.25) is 0 Å². The molecule has 1 heterocycles. The average molecular weight is 447 g/mol. The van der Waals surface area contributed by atoms with Crippen molar-refractivity contribution >= 4 is 11.0 Å². The van der Waals surface area contributed by atoms with Crippen LogP contribution in [-0.2, 0) is 13.0 Å². The molecule has 2 aromatic carbocycles. The highest BCUT2D eigenvalue weighted by Crippen LogP contribution is 2.20. The molecule has 1 aromatic heterocycles. The van der Waals surface area contributed by atoms with E-state index in [2.05, 4.69) is 66.1 Å². The number of rotatable bonds is 18. The number of benzene rings is 2. The Morgan fingerprint density at radius 3 is 1.70 bits per heavy atom. The molecule has 33 heavy (non-hydrogen) atoms. The molecule has 0 atom stereocenters. The van der Waals surface area contributed by atoms with Gasteiger partial charge >= 0.3 is 0 Å². The normalized spacial score (nSPS) is 11.4. The van der Waals surface area contributed by atoms with Gasteiger partial charge in [-0.05, 0) is 24.1 Å². The van der Waals surface area contributed by atoms with Crippen LogP contribution in [-0.4, -0.2) is 9.55 Å². The first-order chi connectivity index (χ1) is 16.4. The van der Waals surface area contributed by atoms with Crippen molar-refractivity contribution < 1.29 is 0 Å². The van der Waals surface area contributed by atoms with E-state index in [-0.39, 0.29) is 0 Å². The van der Waals surface area contributed by atoms with Gasteiger partial charge in [0, 0.05) is 13.0 Å². The van der Waals surface area contributed by atoms with Crippen LogP contribution in [0.4, 0.5) is 0 Å². The maximum atomic E-state index is 4.98. The molecule has 0 radical (unpaired) electrons. The third kappa shape index (κ3) is 9.35. The summed E-state index contributed by atoms with van der Waals surface area (Å²) in [7, 11) is 0. The van der Waals surface area contributed by atoms with Crippen LogP contribution in [0.3, 0.4) is 0 Å². The fourth-order valence-corrected chi connectivity index (χ4v) is 4.91. The van der Waals surface area contributed by atoms with Crippen LogP contribution < -0.4 is 0 Å². The number of para-hydroxylation sites is 2. The zero-order chi connectivity index (χ0) is 23.0. The SMILES string of the molecule is CCCCCCCCCCCCCCCCCc1nc2ccccc2n1Cc1ccccc1. The van der Waals surface area contributed by atoms with Gasteiger partial charge in [0.1, 0.15) is 5.82 Å². The van der Waals surface area contributed by atoms with E-state index in [1.54, 1.807) is 0 Å². The van der Waals surface area contributed by atoms with E-state index in [0.717, 1.165) is 18.5 Å². The van der Waals surface area contributed by atoms with Crippen molar-refractivity contribution in [2.75, 3.05) is 0 Å². The highest BCUT2D eigenvalue weighted by atomic mass is 15.1. The summed E-state index contributed by atoms with van der Waals surface area (Å²) in [5.74, 6) is 1.25. The molecular weight excluding hydrogens is 400 g/mol. The molecule has 0 N–H and O–H groups in total. The van der Waals surface area contributed by atoms with Crippen molar-refractivity contribution in [2.24, 2.45) is 0 Å². The second-order valence-corrected chi connectivity index (χ2v) is 9.79. The zero-order valence-corrected chi connectivity index (χ0v) is 21.1. The van der Waals surface area contributed by atoms with Crippen LogP contribution in [0.2, 0.25) is 0 Å². The summed E-state index contributed by atoms with van der Waals surface area (Å²) in [6.07, 6.45) is 22.2. The highest BCUT2D eigenvalue weighted by molar-refractivity contribution is 5.76. The number of nitrogens with zero attached hydrogens (tertiary/aromatic N) is 2. The van der Waals surface area contributed by atoms with E-state index in [4.69, 9.17) is 4.98 Å². The van der Waals surface area contributed by atoms with Gasteiger partial charge in [-0.25, -0.2) is 4.98 Å². The van der Waals surface area contributed by atoms with Crippen LogP contribution in [0.15, 0.2) is 54.6 Å². The Morgan fingerprint density at radius 2 is 1.09 bits per heavy atom. The van der Waals surface area contributed by atoms with Crippen molar-refractivity contribution in [1.29, 1.82) is 0 Å². The molecule has 3 rings (SSSR count). The molecule has 0 aliphatic carbocycles. The number of aryl methyl sites for hydroxylation is 1. The molecule has 0 aliphatic rings. The van der Waals surface area contributed by atoms with Crippen molar-refractivity contribution in [3.8, 4) is 0 Å². The molecule has 0 aliphatic heterocycles. The van der Waals surface area contributed by atoms with Crippen molar-refractivity contribution in [3.63, 3.8) is 0 Å². The predicted octanol–water partition coefficient (Wildman–Crippen LogP) is 9.50. The minimum Gasteiger partial charge on any atom is -0.323 e. The number of hydrogen-bond acceptors (Lipinski definition) is 1. The molecule has 2 heteroatoms. The van der Waals surface area contributed by atoms with E-state index in [0.29, 0.717) is 0 Å². The van der Waals surface area contributed by atoms with Gasteiger partial charge in [-0.1, -0.05) is 139 Å². The quantitative estimate of drug-likeness (QED) is 0.178. The van der Waals surface area contributed by atoms with Crippen LogP contribution >= 0.6 is 0 Å². The Bertz CT molecular complexity index is 880. The largest absolute Gasteiger partial charge is 0.323 e. The molecule has 0 fully saturated rings. The molecule has 0 unspecified atom stereocenters. The van der Waals surface area contributed by atoms with Gasteiger partial charge in [-0.3, -0.25) is 0 Å². The maximum absolute atomic E-state index is 4.98. The lowest BCUT2D eigenvalue weighted by atomic mass is 10.0. The summed E-state index contributed by atoms with van der Waals surface area (Å²) >= 11 is 0. The lowest BCUT2D eigenvalue weighted by Crippen LogP contribution is -2.05. The van der Waals surface area contributed by atoms with Crippen LogP contribution in [0.5, 0.6) is 0 Å². The first-order valence-corrected chi connectivity index (χ1v) is 13.9. The fourth-order valence-electron chi connectivity index (χ4n) is 4.91. The lowest BCUT2D eigenvalue weighted by Gasteiger charge is -2.10. The Kier molecular flexibility index (Phi) is 12.1. The van der Waals surface area contributed by atoms with Crippen molar-refractivity contribution in [1.82, 2.24) is 9.55 Å². The summed E-state index contributed by atoms with van der Waals surface area (Å²) in [6.45, 7) is 3.21. The minimum absolute atomic E-state index is 0.912. The van der Waals surface area contributed by atoms with Crippen molar-refractivity contribution in [3.05, 3.63) is 66.0 Å². The molecule has 0 saturated carbocycles. The Morgan fingerprint density at radius 1 is 0.576 bits per heavy atom. The van der Waals surface area contributed by atoms with E-state index in [1.807, 2.05) is 0 Å². The van der Waals surface area contributed by atoms with Gasteiger partial charge in [-0.2, -0.15) is 0 Å². The first-order valence-electron chi connectivity index (χ1n) is 13.9. The van der Waals surface area contributed by atoms with Gasteiger partial charge < -0.3 is 4.57 Å². The second kappa shape index (κ2) is 15.7. The molecule has 180 valence electrons. The number of unbranched alkanes of at least 4 members (excludes halogenated alkanes) is 14. The topological polar surface area (TPSA) is 17.8 Å². The Hall–Kier alpha value is -2.09. The summed E-state index contributed by atoms with van der Waals surface area (Å²) in [6, 6.07) is 19.4. The molecule has 0 amide bonds. The number of fused-ring (bicyclic) bond motifs is 1. The number of hydrogen-bond donors (Lipinski definition) is 0. The van der Waals surface area contributed by atoms with E-state index >= 15 is 0 Å². The predicted molar refractivity (Wildman–Crippen MR) is 144 cm³/mol. The number of aromatic nitrogens is 2. The summed E-state index contributed by atoms with van der Waals surface area (Å²) in [5, 5.41) is 0. The van der Waals surface area contributed by atoms with Crippen molar-refractivity contribution in [2.45, 2.75) is 116 Å². The van der Waals surface area contributed by atoms with Gasteiger partial charge in [0.05, 0.1) is 11.0 Å². The summed E-state index contributed by atoms with van der Waals surface area (Å²) in [4.78, 5) is 4.98.